The number of rotatable bonds is 6. The minimum Gasteiger partial charge on any atom is -0.347 e. The number of amides is 2. The summed E-state index contributed by atoms with van der Waals surface area (Å²) in [5, 5.41) is 16.3. The van der Waals surface area contributed by atoms with Crippen LogP contribution in [0.3, 0.4) is 0 Å². The fourth-order valence-corrected chi connectivity index (χ4v) is 3.32. The number of benzene rings is 1. The zero-order valence-corrected chi connectivity index (χ0v) is 15.7. The SMILES string of the molecule is O=C(NCc1ccccc1)c1cn(C[C@@H]2CC(F)(F)CN2C(=O)c2ncn[nH]2)nn1. The number of halogens is 2. The van der Waals surface area contributed by atoms with Crippen molar-refractivity contribution in [3.8, 4) is 0 Å². The molecule has 0 spiro atoms. The Kier molecular flexibility index (Phi) is 5.21. The summed E-state index contributed by atoms with van der Waals surface area (Å²) < 4.78 is 29.3. The first-order valence-electron chi connectivity index (χ1n) is 9.18. The van der Waals surface area contributed by atoms with Gasteiger partial charge in [0.1, 0.15) is 6.33 Å². The summed E-state index contributed by atoms with van der Waals surface area (Å²) in [6, 6.07) is 8.51. The van der Waals surface area contributed by atoms with Gasteiger partial charge in [-0.2, -0.15) is 5.10 Å². The lowest BCUT2D eigenvalue weighted by Gasteiger charge is -2.22. The normalized spacial score (nSPS) is 17.8. The molecule has 1 aliphatic heterocycles. The fraction of sp³-hybridized carbons (Fsp3) is 0.333. The summed E-state index contributed by atoms with van der Waals surface area (Å²) in [4.78, 5) is 29.5. The van der Waals surface area contributed by atoms with E-state index in [9.17, 15) is 18.4 Å². The Bertz CT molecular complexity index is 1020. The number of nitrogens with zero attached hydrogens (tertiary/aromatic N) is 6. The first-order chi connectivity index (χ1) is 14.4. The van der Waals surface area contributed by atoms with Gasteiger partial charge >= 0.3 is 0 Å². The van der Waals surface area contributed by atoms with Crippen LogP contribution < -0.4 is 5.32 Å². The number of nitrogens with one attached hydrogen (secondary N) is 2. The molecule has 4 rings (SSSR count). The third kappa shape index (κ3) is 4.31. The van der Waals surface area contributed by atoms with E-state index in [0.29, 0.717) is 6.54 Å². The highest BCUT2D eigenvalue weighted by molar-refractivity contribution is 5.92. The predicted octanol–water partition coefficient (Wildman–Crippen LogP) is 0.876. The van der Waals surface area contributed by atoms with Crippen molar-refractivity contribution < 1.29 is 18.4 Å². The van der Waals surface area contributed by atoms with Gasteiger partial charge in [-0.3, -0.25) is 14.7 Å². The van der Waals surface area contributed by atoms with Crippen LogP contribution in [-0.4, -0.2) is 65.4 Å². The van der Waals surface area contributed by atoms with Crippen LogP contribution in [-0.2, 0) is 13.1 Å². The Labute approximate surface area is 169 Å². The van der Waals surface area contributed by atoms with Crippen molar-refractivity contribution in [3.63, 3.8) is 0 Å². The van der Waals surface area contributed by atoms with Gasteiger partial charge in [-0.1, -0.05) is 35.5 Å². The number of carbonyl (C=O) groups is 2. The highest BCUT2D eigenvalue weighted by Gasteiger charge is 2.47. The lowest BCUT2D eigenvalue weighted by atomic mass is 10.2. The molecule has 2 N–H and O–H groups in total. The van der Waals surface area contributed by atoms with Crippen molar-refractivity contribution >= 4 is 11.8 Å². The van der Waals surface area contributed by atoms with E-state index in [1.807, 2.05) is 30.3 Å². The van der Waals surface area contributed by atoms with Gasteiger partial charge in [0, 0.05) is 13.0 Å². The third-order valence-electron chi connectivity index (χ3n) is 4.72. The lowest BCUT2D eigenvalue weighted by molar-refractivity contribution is 0.0116. The highest BCUT2D eigenvalue weighted by Crippen LogP contribution is 2.33. The second-order valence-corrected chi connectivity index (χ2v) is 6.98. The van der Waals surface area contributed by atoms with Crippen molar-refractivity contribution in [1.82, 2.24) is 40.4 Å². The van der Waals surface area contributed by atoms with Crippen LogP contribution in [0.25, 0.3) is 0 Å². The van der Waals surface area contributed by atoms with Crippen LogP contribution in [0.2, 0.25) is 0 Å². The maximum atomic E-state index is 14.0. The number of alkyl halides is 2. The van der Waals surface area contributed by atoms with E-state index in [-0.39, 0.29) is 18.1 Å². The average molecular weight is 416 g/mol. The van der Waals surface area contributed by atoms with Crippen LogP contribution in [0.5, 0.6) is 0 Å². The van der Waals surface area contributed by atoms with Crippen molar-refractivity contribution in [2.24, 2.45) is 0 Å². The molecule has 0 bridgehead atoms. The van der Waals surface area contributed by atoms with E-state index in [1.165, 1.54) is 10.9 Å². The van der Waals surface area contributed by atoms with E-state index in [4.69, 9.17) is 0 Å². The topological polar surface area (TPSA) is 122 Å². The number of hydrogen-bond acceptors (Lipinski definition) is 6. The monoisotopic (exact) mass is 416 g/mol. The summed E-state index contributed by atoms with van der Waals surface area (Å²) in [5.41, 5.74) is 0.983. The van der Waals surface area contributed by atoms with Crippen LogP contribution in [0.1, 0.15) is 33.1 Å². The molecule has 3 heterocycles. The van der Waals surface area contributed by atoms with Crippen molar-refractivity contribution in [3.05, 3.63) is 59.9 Å². The molecule has 0 unspecified atom stereocenters. The number of H-pyrrole nitrogens is 1. The summed E-state index contributed by atoms with van der Waals surface area (Å²) in [7, 11) is 0. The molecule has 1 atom stereocenters. The zero-order chi connectivity index (χ0) is 21.1. The molecule has 1 saturated heterocycles. The Morgan fingerprint density at radius 2 is 2.07 bits per heavy atom. The number of aromatic nitrogens is 6. The van der Waals surface area contributed by atoms with Gasteiger partial charge < -0.3 is 10.2 Å². The van der Waals surface area contributed by atoms with Crippen LogP contribution in [0, 0.1) is 0 Å². The molecule has 1 aliphatic rings. The highest BCUT2D eigenvalue weighted by atomic mass is 19.3. The van der Waals surface area contributed by atoms with Gasteiger partial charge in [-0.05, 0) is 5.56 Å². The Balaban J connectivity index is 1.41. The summed E-state index contributed by atoms with van der Waals surface area (Å²) in [6.45, 7) is -0.439. The van der Waals surface area contributed by atoms with E-state index in [0.717, 1.165) is 16.8 Å². The summed E-state index contributed by atoms with van der Waals surface area (Å²) in [6.07, 6.45) is 1.98. The molecule has 1 fully saturated rings. The maximum absolute atomic E-state index is 14.0. The van der Waals surface area contributed by atoms with Gasteiger partial charge in [-0.25, -0.2) is 18.4 Å². The summed E-state index contributed by atoms with van der Waals surface area (Å²) >= 11 is 0. The minimum absolute atomic E-state index is 0.0333. The number of hydrogen-bond donors (Lipinski definition) is 2. The van der Waals surface area contributed by atoms with Crippen molar-refractivity contribution in [1.29, 1.82) is 0 Å². The standard InChI is InChI=1S/C18H18F2N8O2/c19-18(20)6-13(28(10-18)17(30)15-22-11-23-25-15)8-27-9-14(24-26-27)16(29)21-7-12-4-2-1-3-5-12/h1-5,9,11,13H,6-8,10H2,(H,21,29)(H,22,23,25)/t13-/m0/s1. The molecule has 3 aromatic rings. The molecule has 0 saturated carbocycles. The number of likely N-dealkylation sites (tertiary alicyclic amines) is 1. The van der Waals surface area contributed by atoms with Gasteiger partial charge in [0.05, 0.1) is 25.3 Å². The van der Waals surface area contributed by atoms with Crippen molar-refractivity contribution in [2.75, 3.05) is 6.54 Å². The second-order valence-electron chi connectivity index (χ2n) is 6.98. The minimum atomic E-state index is -3.03. The van der Waals surface area contributed by atoms with E-state index in [2.05, 4.69) is 30.8 Å². The van der Waals surface area contributed by atoms with E-state index >= 15 is 0 Å². The van der Waals surface area contributed by atoms with Crippen LogP contribution in [0.15, 0.2) is 42.9 Å². The molecular weight excluding hydrogens is 398 g/mol. The summed E-state index contributed by atoms with van der Waals surface area (Å²) in [5.74, 6) is -4.25. The molecule has 156 valence electrons. The smallest absolute Gasteiger partial charge is 0.291 e. The maximum Gasteiger partial charge on any atom is 0.291 e. The molecular formula is C18H18F2N8O2. The molecule has 10 nitrogen and oxygen atoms in total. The molecule has 30 heavy (non-hydrogen) atoms. The van der Waals surface area contributed by atoms with Crippen molar-refractivity contribution in [2.45, 2.75) is 31.5 Å². The van der Waals surface area contributed by atoms with Gasteiger partial charge in [0.2, 0.25) is 5.82 Å². The van der Waals surface area contributed by atoms with E-state index < -0.39 is 36.7 Å². The first kappa shape index (κ1) is 19.6. The van der Waals surface area contributed by atoms with Gasteiger partial charge in [0.25, 0.3) is 17.7 Å². The molecule has 0 radical (unpaired) electrons. The van der Waals surface area contributed by atoms with Crippen LogP contribution >= 0.6 is 0 Å². The first-order valence-corrected chi connectivity index (χ1v) is 9.18. The number of aromatic amines is 1. The Morgan fingerprint density at radius 1 is 1.27 bits per heavy atom. The fourth-order valence-electron chi connectivity index (χ4n) is 3.32. The predicted molar refractivity (Wildman–Crippen MR) is 98.4 cm³/mol. The lowest BCUT2D eigenvalue weighted by Crippen LogP contribution is -2.39. The molecule has 12 heteroatoms. The third-order valence-corrected chi connectivity index (χ3v) is 4.72. The Hall–Kier alpha value is -3.70. The quantitative estimate of drug-likeness (QED) is 0.615. The zero-order valence-electron chi connectivity index (χ0n) is 15.7. The average Bonchev–Trinajstić information content (AvgIpc) is 3.47. The van der Waals surface area contributed by atoms with Crippen LogP contribution in [0.4, 0.5) is 8.78 Å². The molecule has 1 aromatic carbocycles. The van der Waals surface area contributed by atoms with E-state index in [1.54, 1.807) is 0 Å². The van der Waals surface area contributed by atoms with Gasteiger partial charge in [0.15, 0.2) is 5.69 Å². The Morgan fingerprint density at radius 3 is 2.80 bits per heavy atom. The largest absolute Gasteiger partial charge is 0.347 e. The number of carbonyl (C=O) groups excluding carboxylic acids is 2. The second kappa shape index (κ2) is 7.97. The van der Waals surface area contributed by atoms with Gasteiger partial charge in [-0.15, -0.1) is 5.10 Å². The molecule has 2 aromatic heterocycles. The molecule has 2 amide bonds. The molecule has 0 aliphatic carbocycles.